The Morgan fingerprint density at radius 3 is 1.62 bits per heavy atom. The smallest absolute Gasteiger partial charge is 0.256 e. The van der Waals surface area contributed by atoms with Crippen LogP contribution in [0, 0.1) is 0 Å². The zero-order valence-electron chi connectivity index (χ0n) is 44.3. The number of fused-ring (bicyclic) bond motifs is 11. The number of hydrogen-bond donors (Lipinski definition) is 0. The van der Waals surface area contributed by atoms with Crippen molar-refractivity contribution < 1.29 is 4.74 Å². The normalized spacial score (nSPS) is 14.8. The van der Waals surface area contributed by atoms with Crippen molar-refractivity contribution in [3.63, 3.8) is 0 Å². The molecule has 1 aliphatic carbocycles. The summed E-state index contributed by atoms with van der Waals surface area (Å²) in [5.41, 5.74) is 23.2. The molecular weight excluding hydrogens is 860 g/mol. The molecule has 1 aromatic heterocycles. The number of aromatic nitrogens is 1. The van der Waals surface area contributed by atoms with Crippen molar-refractivity contribution in [1.29, 1.82) is 0 Å². The van der Waals surface area contributed by atoms with Gasteiger partial charge in [0, 0.05) is 38.8 Å². The third kappa shape index (κ3) is 6.91. The van der Waals surface area contributed by atoms with E-state index in [2.05, 4.69) is 258 Å². The van der Waals surface area contributed by atoms with Gasteiger partial charge >= 0.3 is 0 Å². The average Bonchev–Trinajstić information content (AvgIpc) is 3.78. The van der Waals surface area contributed by atoms with Crippen LogP contribution in [0.25, 0.3) is 49.7 Å². The first-order valence-electron chi connectivity index (χ1n) is 25.9. The second-order valence-electron chi connectivity index (χ2n) is 25.5. The predicted molar refractivity (Wildman–Crippen MR) is 304 cm³/mol. The molecule has 71 heavy (non-hydrogen) atoms. The van der Waals surface area contributed by atoms with Crippen LogP contribution in [0.15, 0.2) is 152 Å². The molecule has 3 aliphatic rings. The maximum atomic E-state index is 7.76. The van der Waals surface area contributed by atoms with Crippen molar-refractivity contribution in [2.75, 3.05) is 4.90 Å². The average molecular weight is 927 g/mol. The Morgan fingerprint density at radius 1 is 0.465 bits per heavy atom. The van der Waals surface area contributed by atoms with Gasteiger partial charge in [-0.15, -0.1) is 0 Å². The monoisotopic (exact) mass is 927 g/mol. The summed E-state index contributed by atoms with van der Waals surface area (Å²) in [5.74, 6) is 1.89. The van der Waals surface area contributed by atoms with Gasteiger partial charge in [0.2, 0.25) is 0 Å². The summed E-state index contributed by atoms with van der Waals surface area (Å²) in [4.78, 5) is 2.52. The van der Waals surface area contributed by atoms with Crippen molar-refractivity contribution >= 4 is 62.0 Å². The second kappa shape index (κ2) is 15.1. The molecule has 354 valence electrons. The molecule has 0 N–H and O–H groups in total. The van der Waals surface area contributed by atoms with Crippen LogP contribution < -0.4 is 26.0 Å². The number of ether oxygens (including phenoxy) is 1. The van der Waals surface area contributed by atoms with E-state index in [1.165, 1.54) is 94.1 Å². The summed E-state index contributed by atoms with van der Waals surface area (Å²) in [6.07, 6.45) is 0. The van der Waals surface area contributed by atoms with Gasteiger partial charge in [-0.2, -0.15) is 0 Å². The maximum Gasteiger partial charge on any atom is 0.256 e. The highest BCUT2D eigenvalue weighted by atomic mass is 16.5. The van der Waals surface area contributed by atoms with Crippen molar-refractivity contribution in [1.82, 2.24) is 4.57 Å². The highest BCUT2D eigenvalue weighted by Crippen LogP contribution is 2.57. The lowest BCUT2D eigenvalue weighted by Crippen LogP contribution is -2.60. The van der Waals surface area contributed by atoms with Crippen molar-refractivity contribution in [2.45, 2.75) is 124 Å². The summed E-state index contributed by atoms with van der Waals surface area (Å²) in [7, 11) is 0. The minimum Gasteiger partial charge on any atom is -0.458 e. The van der Waals surface area contributed by atoms with E-state index in [4.69, 9.17) is 4.74 Å². The van der Waals surface area contributed by atoms with Crippen molar-refractivity contribution in [3.05, 3.63) is 185 Å². The fraction of sp³-hybridized carbons (Fsp3) is 0.284. The molecule has 0 saturated carbocycles. The largest absolute Gasteiger partial charge is 0.458 e. The third-order valence-electron chi connectivity index (χ3n) is 16.2. The zero-order chi connectivity index (χ0) is 49.9. The van der Waals surface area contributed by atoms with E-state index in [1.54, 1.807) is 0 Å². The minimum atomic E-state index is -0.337. The molecule has 0 spiro atoms. The first kappa shape index (κ1) is 45.4. The Bertz CT molecular complexity index is 3600. The number of anilines is 3. The summed E-state index contributed by atoms with van der Waals surface area (Å²) in [6, 6.07) is 58.3. The molecule has 2 aliphatic heterocycles. The molecule has 0 fully saturated rings. The van der Waals surface area contributed by atoms with E-state index < -0.39 is 0 Å². The van der Waals surface area contributed by atoms with Gasteiger partial charge < -0.3 is 14.2 Å². The van der Waals surface area contributed by atoms with E-state index >= 15 is 0 Å². The van der Waals surface area contributed by atoms with Crippen LogP contribution in [0.4, 0.5) is 17.1 Å². The van der Waals surface area contributed by atoms with Gasteiger partial charge in [-0.25, -0.2) is 0 Å². The molecule has 0 saturated heterocycles. The third-order valence-corrected chi connectivity index (χ3v) is 16.2. The second-order valence-corrected chi connectivity index (χ2v) is 25.5. The van der Waals surface area contributed by atoms with E-state index in [1.807, 2.05) is 0 Å². The fourth-order valence-corrected chi connectivity index (χ4v) is 12.2. The van der Waals surface area contributed by atoms with Crippen molar-refractivity contribution in [3.8, 4) is 39.4 Å². The van der Waals surface area contributed by atoms with Gasteiger partial charge in [0.1, 0.15) is 11.5 Å². The maximum absolute atomic E-state index is 7.76. The van der Waals surface area contributed by atoms with E-state index in [-0.39, 0.29) is 33.8 Å². The molecule has 0 unspecified atom stereocenters. The Balaban J connectivity index is 1.22. The minimum absolute atomic E-state index is 0.00738. The van der Waals surface area contributed by atoms with Crippen LogP contribution in [0.2, 0.25) is 0 Å². The number of benzene rings is 8. The van der Waals surface area contributed by atoms with Crippen LogP contribution >= 0.6 is 0 Å². The van der Waals surface area contributed by atoms with E-state index in [9.17, 15) is 0 Å². The number of hydrogen-bond acceptors (Lipinski definition) is 2. The van der Waals surface area contributed by atoms with Gasteiger partial charge in [-0.05, 0) is 149 Å². The summed E-state index contributed by atoms with van der Waals surface area (Å²) >= 11 is 0. The number of rotatable bonds is 3. The highest BCUT2D eigenvalue weighted by molar-refractivity contribution is 6.99. The Hall–Kier alpha value is -6.78. The molecule has 3 heterocycles. The van der Waals surface area contributed by atoms with Crippen LogP contribution in [-0.2, 0) is 27.1 Å². The SMILES string of the molecule is CC(C)(C)c1ccc(N2c3ccc(C(C)(C)C)cc3B3c4cc(-n5c6ccc(C(C)(C)C)cc6c6cc(C(C)(C)C)ccc65)c5c(c4Oc4cc(-c6ccccc6)cc2c43)-c2ccccc2C5(C)C)cc1. The van der Waals surface area contributed by atoms with Gasteiger partial charge in [0.05, 0.1) is 16.7 Å². The molecule has 0 amide bonds. The molecule has 3 nitrogen and oxygen atoms in total. The van der Waals surface area contributed by atoms with Gasteiger partial charge in [0.25, 0.3) is 6.71 Å². The van der Waals surface area contributed by atoms with Crippen LogP contribution in [-0.4, -0.2) is 11.3 Å². The van der Waals surface area contributed by atoms with E-state index in [0.717, 1.165) is 34.0 Å². The number of nitrogens with zero attached hydrogens (tertiary/aromatic N) is 2. The predicted octanol–water partition coefficient (Wildman–Crippen LogP) is 16.4. The zero-order valence-corrected chi connectivity index (χ0v) is 44.3. The van der Waals surface area contributed by atoms with Crippen LogP contribution in [0.5, 0.6) is 11.5 Å². The molecule has 0 bridgehead atoms. The lowest BCUT2D eigenvalue weighted by atomic mass is 9.33. The lowest BCUT2D eigenvalue weighted by Gasteiger charge is -2.42. The highest BCUT2D eigenvalue weighted by Gasteiger charge is 2.48. The van der Waals surface area contributed by atoms with Crippen molar-refractivity contribution in [2.24, 2.45) is 0 Å². The molecule has 0 radical (unpaired) electrons. The first-order valence-corrected chi connectivity index (χ1v) is 25.9. The molecule has 4 heteroatoms. The lowest BCUT2D eigenvalue weighted by molar-refractivity contribution is 0.488. The summed E-state index contributed by atoms with van der Waals surface area (Å²) < 4.78 is 10.4. The molecule has 0 atom stereocenters. The molecular formula is C67H67BN2O. The fourth-order valence-electron chi connectivity index (χ4n) is 12.2. The molecule has 9 aromatic rings. The molecule has 12 rings (SSSR count). The molecule has 8 aromatic carbocycles. The van der Waals surface area contributed by atoms with Crippen LogP contribution in [0.1, 0.15) is 130 Å². The standard InChI is InChI=1S/C67H67BN2O/c1-63(2,3)42-24-29-46(30-25-42)69-55-33-28-45(66(10,11)12)38-51(55)68-52-39-56(70-53-31-26-43(64(4,5)6)36-48(53)49-37-44(65(7,8)9)27-32-54(49)70)60-59(47-22-18-19-23-50(47)67(60,13)14)62(52)71-58-35-41(34-57(69)61(58)68)40-20-16-15-17-21-40/h15-39H,1-14H3. The Morgan fingerprint density at radius 2 is 1.01 bits per heavy atom. The van der Waals surface area contributed by atoms with Gasteiger partial charge in [-0.3, -0.25) is 0 Å². The Kier molecular flexibility index (Phi) is 9.66. The quantitative estimate of drug-likeness (QED) is 0.164. The van der Waals surface area contributed by atoms with E-state index in [0.29, 0.717) is 0 Å². The summed E-state index contributed by atoms with van der Waals surface area (Å²) in [6.45, 7) is 32.6. The van der Waals surface area contributed by atoms with Gasteiger partial charge in [0.15, 0.2) is 0 Å². The summed E-state index contributed by atoms with van der Waals surface area (Å²) in [5, 5.41) is 2.59. The first-order chi connectivity index (χ1) is 33.5. The topological polar surface area (TPSA) is 17.4 Å². The Labute approximate surface area is 422 Å². The van der Waals surface area contributed by atoms with Gasteiger partial charge in [-0.1, -0.05) is 188 Å². The van der Waals surface area contributed by atoms with Crippen LogP contribution in [0.3, 0.4) is 0 Å².